The van der Waals surface area contributed by atoms with E-state index in [0.29, 0.717) is 0 Å². The summed E-state index contributed by atoms with van der Waals surface area (Å²) in [4.78, 5) is 0. The third kappa shape index (κ3) is 3.23. The highest BCUT2D eigenvalue weighted by Crippen LogP contribution is 1.65. The molecule has 0 bridgehead atoms. The van der Waals surface area contributed by atoms with Crippen LogP contribution in [0, 0.1) is 17.8 Å². The number of hydrogen-bond acceptors (Lipinski definition) is 1. The Morgan fingerprint density at radius 3 is 2.40 bits per heavy atom. The summed E-state index contributed by atoms with van der Waals surface area (Å²) in [5.41, 5.74) is 0. The largest absolute Gasteiger partial charge is 0.198 e. The Morgan fingerprint density at radius 1 is 1.80 bits per heavy atom. The summed E-state index contributed by atoms with van der Waals surface area (Å²) in [5.74, 6) is 0. The van der Waals surface area contributed by atoms with Crippen LogP contribution in [0.1, 0.15) is 0 Å². The van der Waals surface area contributed by atoms with Gasteiger partial charge in [0.1, 0.15) is 0 Å². The van der Waals surface area contributed by atoms with Gasteiger partial charge >= 0.3 is 0 Å². The van der Waals surface area contributed by atoms with E-state index >= 15 is 0 Å². The molecule has 0 atom stereocenters. The Morgan fingerprint density at radius 2 is 2.40 bits per heavy atom. The van der Waals surface area contributed by atoms with E-state index in [1.54, 1.807) is 6.07 Å². The van der Waals surface area contributed by atoms with E-state index in [0.717, 1.165) is 0 Å². The van der Waals surface area contributed by atoms with Crippen molar-refractivity contribution in [1.29, 1.82) is 5.26 Å². The SMILES string of the molecule is C=C[CH][14C]#N. The molecule has 0 amide bonds. The molecule has 0 aromatic carbocycles. The lowest BCUT2D eigenvalue weighted by atomic mass is 10.7. The third-order valence-electron chi connectivity index (χ3n) is 0.192. The zero-order valence-corrected chi connectivity index (χ0v) is 2.81. The Hall–Kier alpha value is -0.770. The molecule has 0 saturated heterocycles. The van der Waals surface area contributed by atoms with E-state index in [2.05, 4.69) is 6.58 Å². The van der Waals surface area contributed by atoms with Crippen LogP contribution in [0.5, 0.6) is 0 Å². The monoisotopic (exact) mass is 68.0 g/mol. The zero-order chi connectivity index (χ0) is 4.12. The molecule has 0 aliphatic carbocycles. The fraction of sp³-hybridized carbons (Fsp3) is 0. The standard InChI is InChI=1S/C4H4N/c1-2-3-4-5/h2-3H,1H2/i4+2. The van der Waals surface area contributed by atoms with Crippen LogP contribution in [0.2, 0.25) is 0 Å². The van der Waals surface area contributed by atoms with Crippen molar-refractivity contribution < 1.29 is 0 Å². The fourth-order valence-electron chi connectivity index (χ4n) is 0.0527. The van der Waals surface area contributed by atoms with E-state index in [1.807, 2.05) is 0 Å². The maximum atomic E-state index is 7.69. The normalized spacial score (nSPS) is 5.40. The van der Waals surface area contributed by atoms with E-state index in [-0.39, 0.29) is 0 Å². The number of allylic oxidation sites excluding steroid dienone is 1. The van der Waals surface area contributed by atoms with Gasteiger partial charge in [-0.05, 0) is 0 Å². The molecule has 5 heavy (non-hydrogen) atoms. The van der Waals surface area contributed by atoms with Crippen LogP contribution in [0.25, 0.3) is 0 Å². The van der Waals surface area contributed by atoms with Crippen LogP contribution in [-0.4, -0.2) is 0 Å². The Bertz CT molecular complexity index is 58.5. The van der Waals surface area contributed by atoms with Crippen molar-refractivity contribution in [2.45, 2.75) is 0 Å². The van der Waals surface area contributed by atoms with E-state index in [9.17, 15) is 0 Å². The van der Waals surface area contributed by atoms with Crippen molar-refractivity contribution in [2.24, 2.45) is 0 Å². The number of rotatable bonds is 1. The molecular weight excluding hydrogens is 64.0 g/mol. The second-order valence-electron chi connectivity index (χ2n) is 0.531. The smallest absolute Gasteiger partial charge is 0.0834 e. The van der Waals surface area contributed by atoms with Gasteiger partial charge in [-0.3, -0.25) is 0 Å². The van der Waals surface area contributed by atoms with Gasteiger partial charge in [0.05, 0.1) is 12.5 Å². The molecule has 0 aromatic rings. The molecule has 1 nitrogen and oxygen atoms in total. The predicted octanol–water partition coefficient (Wildman–Crippen LogP) is 0.900. The molecule has 0 rings (SSSR count). The topological polar surface area (TPSA) is 23.8 Å². The molecule has 1 radical (unpaired) electrons. The minimum Gasteiger partial charge on any atom is -0.198 e. The van der Waals surface area contributed by atoms with Crippen LogP contribution in [0.4, 0.5) is 0 Å². The molecule has 0 aliphatic rings. The van der Waals surface area contributed by atoms with E-state index in [4.69, 9.17) is 5.26 Å². The summed E-state index contributed by atoms with van der Waals surface area (Å²) in [5, 5.41) is 7.69. The third-order valence-corrected chi connectivity index (χ3v) is 0.192. The van der Waals surface area contributed by atoms with Crippen LogP contribution in [0.3, 0.4) is 0 Å². The Labute approximate surface area is 31.5 Å². The van der Waals surface area contributed by atoms with Crippen molar-refractivity contribution in [1.82, 2.24) is 0 Å². The van der Waals surface area contributed by atoms with Crippen molar-refractivity contribution >= 4 is 0 Å². The van der Waals surface area contributed by atoms with Crippen LogP contribution < -0.4 is 0 Å². The molecule has 25 valence electrons. The molecule has 0 aromatic heterocycles. The molecule has 0 heterocycles. The molecule has 0 spiro atoms. The minimum atomic E-state index is 1.32. The van der Waals surface area contributed by atoms with E-state index < -0.39 is 0 Å². The van der Waals surface area contributed by atoms with Crippen LogP contribution >= 0.6 is 0 Å². The van der Waals surface area contributed by atoms with Gasteiger partial charge in [-0.2, -0.15) is 5.26 Å². The van der Waals surface area contributed by atoms with Crippen LogP contribution in [0.15, 0.2) is 12.7 Å². The van der Waals surface area contributed by atoms with Gasteiger partial charge in [0.2, 0.25) is 0 Å². The van der Waals surface area contributed by atoms with E-state index in [1.165, 1.54) is 12.5 Å². The first-order valence-electron chi connectivity index (χ1n) is 1.25. The molecular formula is C4H4N. The van der Waals surface area contributed by atoms with Crippen molar-refractivity contribution in [2.75, 3.05) is 0 Å². The van der Waals surface area contributed by atoms with Gasteiger partial charge in [0.15, 0.2) is 0 Å². The first kappa shape index (κ1) is 4.23. The molecule has 0 saturated carbocycles. The van der Waals surface area contributed by atoms with Crippen molar-refractivity contribution in [3.8, 4) is 6.07 Å². The molecule has 0 aliphatic heterocycles. The second-order valence-corrected chi connectivity index (χ2v) is 0.531. The highest BCUT2D eigenvalue weighted by molar-refractivity contribution is 5.04. The fourth-order valence-corrected chi connectivity index (χ4v) is 0.0527. The van der Waals surface area contributed by atoms with Crippen LogP contribution in [-0.2, 0) is 0 Å². The van der Waals surface area contributed by atoms with Crippen molar-refractivity contribution in [3.05, 3.63) is 19.1 Å². The quantitative estimate of drug-likeness (QED) is 0.448. The summed E-state index contributed by atoms with van der Waals surface area (Å²) in [6.07, 6.45) is 2.76. The lowest BCUT2D eigenvalue weighted by Gasteiger charge is -1.54. The number of hydrogen-bond donors (Lipinski definition) is 0. The average Bonchev–Trinajstić information content (AvgIpc) is 1.41. The van der Waals surface area contributed by atoms with Gasteiger partial charge in [0.25, 0.3) is 0 Å². The summed E-state index contributed by atoms with van der Waals surface area (Å²) in [7, 11) is 0. The first-order chi connectivity index (χ1) is 2.41. The first-order valence-corrected chi connectivity index (χ1v) is 1.25. The summed E-state index contributed by atoms with van der Waals surface area (Å²) >= 11 is 0. The highest BCUT2D eigenvalue weighted by Gasteiger charge is 1.58. The lowest BCUT2D eigenvalue weighted by Crippen LogP contribution is -1.47. The summed E-state index contributed by atoms with van der Waals surface area (Å²) in [6, 6.07) is 1.77. The lowest BCUT2D eigenvalue weighted by molar-refractivity contribution is 1.51. The maximum absolute atomic E-state index is 7.69. The molecule has 0 fully saturated rings. The molecule has 0 unspecified atom stereocenters. The van der Waals surface area contributed by atoms with Gasteiger partial charge in [-0.25, -0.2) is 0 Å². The highest BCUT2D eigenvalue weighted by atomic mass is 14.8. The Balaban J connectivity index is 2.75. The predicted molar refractivity (Wildman–Crippen MR) is 20.1 cm³/mol. The van der Waals surface area contributed by atoms with Gasteiger partial charge < -0.3 is 0 Å². The average molecular weight is 68.1 g/mol. The molecule has 0 N–H and O–H groups in total. The maximum Gasteiger partial charge on any atom is 0.0834 e. The number of nitrogens with zero attached hydrogens (tertiary/aromatic N) is 1. The van der Waals surface area contributed by atoms with Crippen molar-refractivity contribution in [3.63, 3.8) is 0 Å². The minimum absolute atomic E-state index is 1.32. The van der Waals surface area contributed by atoms with Gasteiger partial charge in [-0.1, -0.05) is 6.08 Å². The number of nitriles is 1. The van der Waals surface area contributed by atoms with Gasteiger partial charge in [-0.15, -0.1) is 6.58 Å². The summed E-state index contributed by atoms with van der Waals surface area (Å²) in [6.45, 7) is 3.27. The Kier molecular flexibility index (Phi) is 2.73. The van der Waals surface area contributed by atoms with Gasteiger partial charge in [0, 0.05) is 0 Å². The molecule has 1 heteroatoms. The summed E-state index contributed by atoms with van der Waals surface area (Å²) < 4.78 is 0. The zero-order valence-electron chi connectivity index (χ0n) is 2.81. The second kappa shape index (κ2) is 3.23.